The van der Waals surface area contributed by atoms with Gasteiger partial charge in [-0.25, -0.2) is 17.8 Å². The zero-order valence-electron chi connectivity index (χ0n) is 7.72. The Bertz CT molecular complexity index is 607. The van der Waals surface area contributed by atoms with Crippen LogP contribution in [0.25, 0.3) is 10.6 Å². The lowest BCUT2D eigenvalue weighted by molar-refractivity contribution is 0.611. The van der Waals surface area contributed by atoms with E-state index in [1.807, 2.05) is 0 Å². The number of halogens is 2. The Kier molecular flexibility index (Phi) is 2.96. The summed E-state index contributed by atoms with van der Waals surface area (Å²) in [6, 6.07) is 5.62. The molecule has 3 nitrogen and oxygen atoms in total. The van der Waals surface area contributed by atoms with E-state index < -0.39 is 9.05 Å². The van der Waals surface area contributed by atoms with E-state index in [2.05, 4.69) is 4.98 Å². The zero-order chi connectivity index (χ0) is 11.8. The van der Waals surface area contributed by atoms with E-state index in [0.717, 1.165) is 11.3 Å². The van der Waals surface area contributed by atoms with Gasteiger partial charge in [-0.05, 0) is 24.3 Å². The fourth-order valence-corrected chi connectivity index (χ4v) is 2.97. The molecule has 0 aliphatic heterocycles. The Morgan fingerprint density at radius 2 is 1.88 bits per heavy atom. The summed E-state index contributed by atoms with van der Waals surface area (Å²) >= 11 is 0.945. The monoisotopic (exact) mass is 277 g/mol. The highest BCUT2D eigenvalue weighted by molar-refractivity contribution is 8.15. The van der Waals surface area contributed by atoms with Crippen LogP contribution >= 0.6 is 22.0 Å². The van der Waals surface area contributed by atoms with E-state index in [4.69, 9.17) is 10.7 Å². The molecule has 1 aromatic heterocycles. The number of hydrogen-bond acceptors (Lipinski definition) is 4. The first-order chi connectivity index (χ1) is 7.47. The van der Waals surface area contributed by atoms with E-state index in [0.29, 0.717) is 10.6 Å². The van der Waals surface area contributed by atoms with Crippen LogP contribution in [-0.2, 0) is 9.05 Å². The average molecular weight is 278 g/mol. The maximum absolute atomic E-state index is 12.7. The Hall–Kier alpha value is -0.980. The summed E-state index contributed by atoms with van der Waals surface area (Å²) in [4.78, 5) is 3.92. The maximum Gasteiger partial charge on any atom is 0.272 e. The van der Waals surface area contributed by atoms with Crippen LogP contribution in [0.15, 0.2) is 34.7 Å². The van der Waals surface area contributed by atoms with E-state index in [1.54, 1.807) is 0 Å². The van der Waals surface area contributed by atoms with Gasteiger partial charge in [0.25, 0.3) is 9.05 Å². The molecule has 0 spiro atoms. The number of aromatic nitrogens is 1. The van der Waals surface area contributed by atoms with Crippen molar-refractivity contribution >= 4 is 31.1 Å². The first-order valence-corrected chi connectivity index (χ1v) is 7.26. The Balaban J connectivity index is 2.43. The molecule has 0 bridgehead atoms. The van der Waals surface area contributed by atoms with Crippen LogP contribution in [0.5, 0.6) is 0 Å². The quantitative estimate of drug-likeness (QED) is 0.793. The zero-order valence-corrected chi connectivity index (χ0v) is 10.1. The molecule has 0 amide bonds. The molecule has 0 aliphatic rings. The maximum atomic E-state index is 12.7. The molecule has 1 aromatic carbocycles. The van der Waals surface area contributed by atoms with Crippen LogP contribution in [0.4, 0.5) is 4.39 Å². The van der Waals surface area contributed by atoms with Crippen LogP contribution < -0.4 is 0 Å². The molecule has 7 heteroatoms. The fraction of sp³-hybridized carbons (Fsp3) is 0. The molecule has 1 heterocycles. The topological polar surface area (TPSA) is 47.0 Å². The smallest absolute Gasteiger partial charge is 0.243 e. The van der Waals surface area contributed by atoms with Gasteiger partial charge in [0.1, 0.15) is 10.8 Å². The van der Waals surface area contributed by atoms with Crippen LogP contribution in [0.3, 0.4) is 0 Å². The first kappa shape index (κ1) is 11.5. The van der Waals surface area contributed by atoms with Gasteiger partial charge in [0, 0.05) is 16.2 Å². The highest BCUT2D eigenvalue weighted by Crippen LogP contribution is 2.29. The van der Waals surface area contributed by atoms with Gasteiger partial charge in [0.2, 0.25) is 0 Å². The highest BCUT2D eigenvalue weighted by Gasteiger charge is 2.15. The Morgan fingerprint density at radius 3 is 2.38 bits per heavy atom. The van der Waals surface area contributed by atoms with Crippen molar-refractivity contribution in [3.8, 4) is 10.6 Å². The summed E-state index contributed by atoms with van der Waals surface area (Å²) in [5.74, 6) is -0.356. The molecule has 2 rings (SSSR count). The third-order valence-corrected chi connectivity index (χ3v) is 4.92. The molecule has 84 valence electrons. The van der Waals surface area contributed by atoms with E-state index in [-0.39, 0.29) is 10.0 Å². The summed E-state index contributed by atoms with van der Waals surface area (Å²) in [5.41, 5.74) is 0.651. The van der Waals surface area contributed by atoms with Gasteiger partial charge in [-0.2, -0.15) is 0 Å². The van der Waals surface area contributed by atoms with Gasteiger partial charge in [-0.3, -0.25) is 0 Å². The van der Waals surface area contributed by atoms with Crippen molar-refractivity contribution in [1.82, 2.24) is 4.98 Å². The molecular weight excluding hydrogens is 273 g/mol. The molecular formula is C9H5ClFNO2S2. The number of hydrogen-bond donors (Lipinski definition) is 0. The Labute approximate surface area is 99.9 Å². The standard InChI is InChI=1S/C9H5ClFNO2S2/c10-16(13,14)8-5-12-9(15-8)6-1-3-7(11)4-2-6/h1-5H. The van der Waals surface area contributed by atoms with E-state index in [1.165, 1.54) is 30.5 Å². The van der Waals surface area contributed by atoms with Gasteiger partial charge < -0.3 is 0 Å². The van der Waals surface area contributed by atoms with Crippen LogP contribution in [0, 0.1) is 5.82 Å². The molecule has 0 saturated heterocycles. The summed E-state index contributed by atoms with van der Waals surface area (Å²) < 4.78 is 34.7. The SMILES string of the molecule is O=S(=O)(Cl)c1cnc(-c2ccc(F)cc2)s1. The number of nitrogens with zero attached hydrogens (tertiary/aromatic N) is 1. The molecule has 0 unspecified atom stereocenters. The number of thiazole rings is 1. The van der Waals surface area contributed by atoms with Gasteiger partial charge in [0.05, 0.1) is 6.20 Å². The normalized spacial score (nSPS) is 11.6. The van der Waals surface area contributed by atoms with Crippen molar-refractivity contribution in [2.75, 3.05) is 0 Å². The third-order valence-electron chi connectivity index (χ3n) is 1.82. The van der Waals surface area contributed by atoms with Crippen molar-refractivity contribution in [3.05, 3.63) is 36.3 Å². The largest absolute Gasteiger partial charge is 0.272 e. The lowest BCUT2D eigenvalue weighted by Crippen LogP contribution is -1.83. The van der Waals surface area contributed by atoms with Crippen LogP contribution in [0.2, 0.25) is 0 Å². The third kappa shape index (κ3) is 2.40. The second kappa shape index (κ2) is 4.12. The minimum Gasteiger partial charge on any atom is -0.243 e. The molecule has 0 aliphatic carbocycles. The van der Waals surface area contributed by atoms with E-state index in [9.17, 15) is 12.8 Å². The van der Waals surface area contributed by atoms with Crippen molar-refractivity contribution < 1.29 is 12.8 Å². The predicted molar refractivity (Wildman–Crippen MR) is 60.5 cm³/mol. The van der Waals surface area contributed by atoms with Gasteiger partial charge in [0.15, 0.2) is 4.21 Å². The van der Waals surface area contributed by atoms with E-state index >= 15 is 0 Å². The molecule has 0 saturated carbocycles. The minimum absolute atomic E-state index is 0.0199. The lowest BCUT2D eigenvalue weighted by atomic mass is 10.2. The van der Waals surface area contributed by atoms with Gasteiger partial charge in [-0.15, -0.1) is 11.3 Å². The molecule has 0 atom stereocenters. The fourth-order valence-electron chi connectivity index (χ4n) is 1.10. The van der Waals surface area contributed by atoms with Crippen molar-refractivity contribution in [1.29, 1.82) is 0 Å². The van der Waals surface area contributed by atoms with Gasteiger partial charge >= 0.3 is 0 Å². The van der Waals surface area contributed by atoms with Crippen molar-refractivity contribution in [3.63, 3.8) is 0 Å². The molecule has 0 fully saturated rings. The molecule has 2 aromatic rings. The lowest BCUT2D eigenvalue weighted by Gasteiger charge is -1.94. The van der Waals surface area contributed by atoms with Crippen LogP contribution in [-0.4, -0.2) is 13.4 Å². The predicted octanol–water partition coefficient (Wildman–Crippen LogP) is 2.88. The summed E-state index contributed by atoms with van der Waals surface area (Å²) in [6.07, 6.45) is 1.19. The summed E-state index contributed by atoms with van der Waals surface area (Å²) in [6.45, 7) is 0. The van der Waals surface area contributed by atoms with Crippen LogP contribution in [0.1, 0.15) is 0 Å². The van der Waals surface area contributed by atoms with Crippen molar-refractivity contribution in [2.45, 2.75) is 4.21 Å². The molecule has 16 heavy (non-hydrogen) atoms. The van der Waals surface area contributed by atoms with Gasteiger partial charge in [-0.1, -0.05) is 0 Å². The molecule has 0 radical (unpaired) electrons. The molecule has 0 N–H and O–H groups in total. The minimum atomic E-state index is -3.74. The van der Waals surface area contributed by atoms with Crippen molar-refractivity contribution in [2.24, 2.45) is 0 Å². The Morgan fingerprint density at radius 1 is 1.25 bits per heavy atom. The second-order valence-corrected chi connectivity index (χ2v) is 6.75. The second-order valence-electron chi connectivity index (χ2n) is 2.93. The highest BCUT2D eigenvalue weighted by atomic mass is 35.7. The number of benzene rings is 1. The summed E-state index contributed by atoms with van der Waals surface area (Å²) in [7, 11) is 1.42. The first-order valence-electron chi connectivity index (χ1n) is 4.13. The summed E-state index contributed by atoms with van der Waals surface area (Å²) in [5, 5.41) is 0.485. The number of rotatable bonds is 2. The average Bonchev–Trinajstić information content (AvgIpc) is 2.67.